The first-order chi connectivity index (χ1) is 9.86. The van der Waals surface area contributed by atoms with Crippen molar-refractivity contribution in [3.05, 3.63) is 24.2 Å². The molecule has 0 saturated carbocycles. The minimum atomic E-state index is -4.46. The van der Waals surface area contributed by atoms with Gasteiger partial charge in [0.2, 0.25) is 0 Å². The van der Waals surface area contributed by atoms with E-state index in [4.69, 9.17) is 11.6 Å². The average molecular weight is 319 g/mol. The summed E-state index contributed by atoms with van der Waals surface area (Å²) in [5.74, 6) is 0.886. The van der Waals surface area contributed by atoms with Crippen LogP contribution < -0.4 is 4.90 Å². The largest absolute Gasteiger partial charge is 0.435 e. The molecule has 0 bridgehead atoms. The van der Waals surface area contributed by atoms with Crippen molar-refractivity contribution in [1.82, 2.24) is 14.6 Å². The SMILES string of the molecule is CC1CCN(c2nccn3nc(C(F)(F)F)cc23)CC1Cl. The second-order valence-corrected chi connectivity index (χ2v) is 5.90. The van der Waals surface area contributed by atoms with Gasteiger partial charge in [0.05, 0.1) is 5.38 Å². The summed E-state index contributed by atoms with van der Waals surface area (Å²) in [6.45, 7) is 3.37. The van der Waals surface area contributed by atoms with Gasteiger partial charge in [0.15, 0.2) is 11.5 Å². The molecule has 21 heavy (non-hydrogen) atoms. The van der Waals surface area contributed by atoms with E-state index in [2.05, 4.69) is 17.0 Å². The van der Waals surface area contributed by atoms with Crippen molar-refractivity contribution >= 4 is 22.9 Å². The van der Waals surface area contributed by atoms with Crippen LogP contribution in [0.4, 0.5) is 19.0 Å². The molecule has 0 aromatic carbocycles. The molecule has 2 aromatic heterocycles. The highest BCUT2D eigenvalue weighted by Gasteiger charge is 2.35. The standard InChI is InChI=1S/C13H14ClF3N4/c1-8-2-4-20(7-9(8)14)12-10-6-11(13(15,16)17)19-21(10)5-3-18-12/h3,5-6,8-9H,2,4,7H2,1H3. The quantitative estimate of drug-likeness (QED) is 0.757. The number of hydrogen-bond donors (Lipinski definition) is 0. The minimum Gasteiger partial charge on any atom is -0.353 e. The topological polar surface area (TPSA) is 33.4 Å². The number of anilines is 1. The molecule has 1 saturated heterocycles. The number of nitrogens with zero attached hydrogens (tertiary/aromatic N) is 4. The van der Waals surface area contributed by atoms with E-state index in [-0.39, 0.29) is 5.38 Å². The Kier molecular flexibility index (Phi) is 3.47. The fourth-order valence-electron chi connectivity index (χ4n) is 2.50. The molecule has 8 heteroatoms. The first kappa shape index (κ1) is 14.4. The van der Waals surface area contributed by atoms with Crippen molar-refractivity contribution in [3.8, 4) is 0 Å². The summed E-state index contributed by atoms with van der Waals surface area (Å²) < 4.78 is 39.6. The zero-order valence-corrected chi connectivity index (χ0v) is 12.1. The first-order valence-electron chi connectivity index (χ1n) is 6.67. The third-order valence-corrected chi connectivity index (χ3v) is 4.39. The van der Waals surface area contributed by atoms with Crippen molar-refractivity contribution in [1.29, 1.82) is 0 Å². The smallest absolute Gasteiger partial charge is 0.353 e. The van der Waals surface area contributed by atoms with E-state index in [9.17, 15) is 13.2 Å². The second-order valence-electron chi connectivity index (χ2n) is 5.34. The highest BCUT2D eigenvalue weighted by molar-refractivity contribution is 6.21. The Hall–Kier alpha value is -1.50. The van der Waals surface area contributed by atoms with Crippen LogP contribution in [0, 0.1) is 5.92 Å². The van der Waals surface area contributed by atoms with Crippen molar-refractivity contribution < 1.29 is 13.2 Å². The van der Waals surface area contributed by atoms with E-state index >= 15 is 0 Å². The number of hydrogen-bond acceptors (Lipinski definition) is 3. The molecule has 0 aliphatic carbocycles. The molecule has 1 fully saturated rings. The highest BCUT2D eigenvalue weighted by atomic mass is 35.5. The molecule has 2 unspecified atom stereocenters. The maximum absolute atomic E-state index is 12.8. The van der Waals surface area contributed by atoms with Gasteiger partial charge in [0, 0.05) is 31.5 Å². The zero-order chi connectivity index (χ0) is 15.2. The average Bonchev–Trinajstić information content (AvgIpc) is 2.86. The fourth-order valence-corrected chi connectivity index (χ4v) is 2.80. The first-order valence-corrected chi connectivity index (χ1v) is 7.10. The molecule has 3 heterocycles. The number of aromatic nitrogens is 3. The number of halogens is 4. The fraction of sp³-hybridized carbons (Fsp3) is 0.538. The summed E-state index contributed by atoms with van der Waals surface area (Å²) in [7, 11) is 0. The molecule has 1 aliphatic rings. The molecule has 2 atom stereocenters. The van der Waals surface area contributed by atoms with Crippen LogP contribution in [0.25, 0.3) is 5.52 Å². The number of piperidine rings is 1. The second kappa shape index (κ2) is 5.05. The third-order valence-electron chi connectivity index (χ3n) is 3.83. The van der Waals surface area contributed by atoms with E-state index < -0.39 is 11.9 Å². The number of rotatable bonds is 1. The van der Waals surface area contributed by atoms with Gasteiger partial charge in [-0.15, -0.1) is 11.6 Å². The van der Waals surface area contributed by atoms with Crippen molar-refractivity contribution in [2.45, 2.75) is 24.9 Å². The molecule has 1 aliphatic heterocycles. The Morgan fingerprint density at radius 3 is 2.81 bits per heavy atom. The number of alkyl halides is 4. The third kappa shape index (κ3) is 2.66. The molecule has 2 aromatic rings. The van der Waals surface area contributed by atoms with Crippen LogP contribution >= 0.6 is 11.6 Å². The molecule has 3 rings (SSSR count). The van der Waals surface area contributed by atoms with Crippen LogP contribution in [-0.4, -0.2) is 33.1 Å². The lowest BCUT2D eigenvalue weighted by atomic mass is 9.98. The van der Waals surface area contributed by atoms with Crippen molar-refractivity contribution in [2.75, 3.05) is 18.0 Å². The van der Waals surface area contributed by atoms with Gasteiger partial charge < -0.3 is 4.90 Å². The summed E-state index contributed by atoms with van der Waals surface area (Å²) >= 11 is 6.27. The van der Waals surface area contributed by atoms with E-state index in [1.807, 2.05) is 4.90 Å². The van der Waals surface area contributed by atoms with Gasteiger partial charge in [-0.1, -0.05) is 6.92 Å². The van der Waals surface area contributed by atoms with Gasteiger partial charge >= 0.3 is 6.18 Å². The van der Waals surface area contributed by atoms with E-state index in [0.717, 1.165) is 19.0 Å². The van der Waals surface area contributed by atoms with E-state index in [0.29, 0.717) is 23.8 Å². The van der Waals surface area contributed by atoms with Gasteiger partial charge in [-0.2, -0.15) is 18.3 Å². The predicted octanol–water partition coefficient (Wildman–Crippen LogP) is 3.20. The Labute approximate surface area is 124 Å². The summed E-state index contributed by atoms with van der Waals surface area (Å²) in [5, 5.41) is 3.53. The molecule has 0 amide bonds. The summed E-state index contributed by atoms with van der Waals surface area (Å²) in [4.78, 5) is 6.15. The highest BCUT2D eigenvalue weighted by Crippen LogP contribution is 2.32. The molecular formula is C13H14ClF3N4. The Morgan fingerprint density at radius 1 is 1.38 bits per heavy atom. The van der Waals surface area contributed by atoms with Crippen LogP contribution in [0.15, 0.2) is 18.5 Å². The van der Waals surface area contributed by atoms with Gasteiger partial charge in [0.1, 0.15) is 5.52 Å². The summed E-state index contributed by atoms with van der Waals surface area (Å²) in [5.41, 5.74) is -0.562. The lowest BCUT2D eigenvalue weighted by Crippen LogP contribution is -2.41. The van der Waals surface area contributed by atoms with E-state index in [1.54, 1.807) is 0 Å². The summed E-state index contributed by atoms with van der Waals surface area (Å²) in [6.07, 6.45) is -0.707. The maximum Gasteiger partial charge on any atom is 0.435 e. The maximum atomic E-state index is 12.8. The van der Waals surface area contributed by atoms with E-state index in [1.165, 1.54) is 16.9 Å². The Balaban J connectivity index is 2.01. The molecule has 114 valence electrons. The molecule has 4 nitrogen and oxygen atoms in total. The van der Waals surface area contributed by atoms with Crippen LogP contribution in [0.5, 0.6) is 0 Å². The lowest BCUT2D eigenvalue weighted by molar-refractivity contribution is -0.141. The molecule has 0 N–H and O–H groups in total. The zero-order valence-electron chi connectivity index (χ0n) is 11.3. The molecular weight excluding hydrogens is 305 g/mol. The predicted molar refractivity (Wildman–Crippen MR) is 73.6 cm³/mol. The van der Waals surface area contributed by atoms with Crippen molar-refractivity contribution in [2.24, 2.45) is 5.92 Å². The Morgan fingerprint density at radius 2 is 2.14 bits per heavy atom. The van der Waals surface area contributed by atoms with Gasteiger partial charge in [-0.05, 0) is 12.3 Å². The molecule has 0 spiro atoms. The number of fused-ring (bicyclic) bond motifs is 1. The Bertz CT molecular complexity index is 654. The van der Waals surface area contributed by atoms with Crippen LogP contribution in [0.1, 0.15) is 19.0 Å². The van der Waals surface area contributed by atoms with Gasteiger partial charge in [-0.25, -0.2) is 9.50 Å². The van der Waals surface area contributed by atoms with Crippen LogP contribution in [-0.2, 0) is 6.18 Å². The summed E-state index contributed by atoms with van der Waals surface area (Å²) in [6, 6.07) is 1.03. The van der Waals surface area contributed by atoms with Crippen molar-refractivity contribution in [3.63, 3.8) is 0 Å². The van der Waals surface area contributed by atoms with Gasteiger partial charge in [-0.3, -0.25) is 0 Å². The monoisotopic (exact) mass is 318 g/mol. The molecule has 0 radical (unpaired) electrons. The van der Waals surface area contributed by atoms with Crippen LogP contribution in [0.3, 0.4) is 0 Å². The normalized spacial score (nSPS) is 23.8. The van der Waals surface area contributed by atoms with Crippen LogP contribution in [0.2, 0.25) is 0 Å². The van der Waals surface area contributed by atoms with Gasteiger partial charge in [0.25, 0.3) is 0 Å². The lowest BCUT2D eigenvalue weighted by Gasteiger charge is -2.34. The minimum absolute atomic E-state index is 0.0363.